The van der Waals surface area contributed by atoms with Gasteiger partial charge in [-0.05, 0) is 12.1 Å². The van der Waals surface area contributed by atoms with Gasteiger partial charge < -0.3 is 0 Å². The van der Waals surface area contributed by atoms with Crippen LogP contribution in [-0.2, 0) is 13.2 Å². The molecule has 2 rings (SSSR count). The number of hydrogen-bond donors (Lipinski definition) is 0. The first-order chi connectivity index (χ1) is 7.48. The maximum absolute atomic E-state index is 12.4. The van der Waals surface area contributed by atoms with Crippen molar-refractivity contribution in [3.63, 3.8) is 0 Å². The van der Waals surface area contributed by atoms with Gasteiger partial charge in [0.15, 0.2) is 5.69 Å². The first-order valence-corrected chi connectivity index (χ1v) is 4.37. The standard InChI is InChI=1S/C9H7F3N4/c1-16-7(6-2-3-13-14-5-6)4-8(15-16)9(10,11)12/h2-5H,1H3. The van der Waals surface area contributed by atoms with Crippen LogP contribution in [0.1, 0.15) is 5.69 Å². The van der Waals surface area contributed by atoms with Crippen LogP contribution in [0.25, 0.3) is 11.3 Å². The van der Waals surface area contributed by atoms with Gasteiger partial charge in [0.25, 0.3) is 0 Å². The lowest BCUT2D eigenvalue weighted by Gasteiger charge is -1.99. The van der Waals surface area contributed by atoms with Crippen LogP contribution < -0.4 is 0 Å². The van der Waals surface area contributed by atoms with E-state index in [1.165, 1.54) is 24.1 Å². The van der Waals surface area contributed by atoms with Crippen LogP contribution in [-0.4, -0.2) is 20.0 Å². The molecule has 4 nitrogen and oxygen atoms in total. The summed E-state index contributed by atoms with van der Waals surface area (Å²) in [6.07, 6.45) is -1.64. The predicted molar refractivity (Wildman–Crippen MR) is 49.2 cm³/mol. The molecule has 0 spiro atoms. The van der Waals surface area contributed by atoms with Crippen molar-refractivity contribution in [2.24, 2.45) is 7.05 Å². The Morgan fingerprint density at radius 3 is 2.50 bits per heavy atom. The molecule has 0 bridgehead atoms. The second-order valence-corrected chi connectivity index (χ2v) is 3.17. The number of hydrogen-bond acceptors (Lipinski definition) is 3. The molecule has 2 aromatic rings. The smallest absolute Gasteiger partial charge is 0.267 e. The molecule has 7 heteroatoms. The van der Waals surface area contributed by atoms with Gasteiger partial charge >= 0.3 is 6.18 Å². The number of rotatable bonds is 1. The van der Waals surface area contributed by atoms with Crippen LogP contribution in [0.3, 0.4) is 0 Å². The van der Waals surface area contributed by atoms with E-state index in [1.54, 1.807) is 6.07 Å². The summed E-state index contributed by atoms with van der Waals surface area (Å²) in [6, 6.07) is 2.56. The number of aromatic nitrogens is 4. The molecule has 2 aromatic heterocycles. The fourth-order valence-electron chi connectivity index (χ4n) is 1.32. The fourth-order valence-corrected chi connectivity index (χ4v) is 1.32. The highest BCUT2D eigenvalue weighted by molar-refractivity contribution is 5.58. The van der Waals surface area contributed by atoms with Crippen molar-refractivity contribution in [1.82, 2.24) is 20.0 Å². The molecular formula is C9H7F3N4. The monoisotopic (exact) mass is 228 g/mol. The largest absolute Gasteiger partial charge is 0.435 e. The Morgan fingerprint density at radius 2 is 2.00 bits per heavy atom. The molecule has 0 N–H and O–H groups in total. The lowest BCUT2D eigenvalue weighted by Crippen LogP contribution is -2.06. The summed E-state index contributed by atoms with van der Waals surface area (Å²) in [6.45, 7) is 0. The molecule has 0 amide bonds. The minimum absolute atomic E-state index is 0.349. The lowest BCUT2D eigenvalue weighted by molar-refractivity contribution is -0.141. The van der Waals surface area contributed by atoms with Gasteiger partial charge in [0.2, 0.25) is 0 Å². The molecule has 0 aliphatic heterocycles. The highest BCUT2D eigenvalue weighted by atomic mass is 19.4. The Kier molecular flexibility index (Phi) is 2.37. The van der Waals surface area contributed by atoms with Crippen molar-refractivity contribution in [1.29, 1.82) is 0 Å². The summed E-state index contributed by atoms with van der Waals surface area (Å²) >= 11 is 0. The Balaban J connectivity index is 2.48. The Bertz CT molecular complexity index is 489. The van der Waals surface area contributed by atoms with Crippen molar-refractivity contribution in [2.75, 3.05) is 0 Å². The SMILES string of the molecule is Cn1nc(C(F)(F)F)cc1-c1ccnnc1. The molecule has 0 aromatic carbocycles. The van der Waals surface area contributed by atoms with E-state index in [-0.39, 0.29) is 0 Å². The summed E-state index contributed by atoms with van der Waals surface area (Å²) in [5, 5.41) is 10.6. The van der Waals surface area contributed by atoms with Crippen LogP contribution >= 0.6 is 0 Å². The maximum Gasteiger partial charge on any atom is 0.435 e. The normalized spacial score (nSPS) is 11.8. The third-order valence-corrected chi connectivity index (χ3v) is 2.05. The van der Waals surface area contributed by atoms with Crippen molar-refractivity contribution < 1.29 is 13.2 Å². The minimum Gasteiger partial charge on any atom is -0.267 e. The van der Waals surface area contributed by atoms with Gasteiger partial charge in [0, 0.05) is 12.6 Å². The molecule has 16 heavy (non-hydrogen) atoms. The molecule has 2 heterocycles. The van der Waals surface area contributed by atoms with Crippen molar-refractivity contribution in [3.05, 3.63) is 30.2 Å². The zero-order chi connectivity index (χ0) is 11.8. The lowest BCUT2D eigenvalue weighted by atomic mass is 10.2. The molecule has 0 aliphatic rings. The van der Waals surface area contributed by atoms with E-state index < -0.39 is 11.9 Å². The van der Waals surface area contributed by atoms with Gasteiger partial charge in [-0.3, -0.25) is 4.68 Å². The van der Waals surface area contributed by atoms with E-state index >= 15 is 0 Å². The molecule has 0 atom stereocenters. The zero-order valence-corrected chi connectivity index (χ0v) is 8.23. The summed E-state index contributed by atoms with van der Waals surface area (Å²) in [7, 11) is 1.45. The predicted octanol–water partition coefficient (Wildman–Crippen LogP) is 1.90. The highest BCUT2D eigenvalue weighted by Crippen LogP contribution is 2.30. The number of halogens is 3. The molecule has 0 fully saturated rings. The average molecular weight is 228 g/mol. The van der Waals surface area contributed by atoms with Crippen LogP contribution in [0.5, 0.6) is 0 Å². The Morgan fingerprint density at radius 1 is 1.25 bits per heavy atom. The van der Waals surface area contributed by atoms with Crippen LogP contribution in [0.2, 0.25) is 0 Å². The van der Waals surface area contributed by atoms with Gasteiger partial charge in [-0.1, -0.05) is 0 Å². The summed E-state index contributed by atoms with van der Waals surface area (Å²) < 4.78 is 38.3. The number of aryl methyl sites for hydroxylation is 1. The van der Waals surface area contributed by atoms with E-state index in [0.717, 1.165) is 6.07 Å². The first-order valence-electron chi connectivity index (χ1n) is 4.37. The van der Waals surface area contributed by atoms with Gasteiger partial charge in [-0.2, -0.15) is 28.5 Å². The van der Waals surface area contributed by atoms with Crippen molar-refractivity contribution in [3.8, 4) is 11.3 Å². The molecule has 0 saturated heterocycles. The summed E-state index contributed by atoms with van der Waals surface area (Å²) in [5.74, 6) is 0. The van der Waals surface area contributed by atoms with E-state index in [1.807, 2.05) is 0 Å². The van der Waals surface area contributed by atoms with Gasteiger partial charge in [-0.15, -0.1) is 0 Å². The van der Waals surface area contributed by atoms with E-state index in [2.05, 4.69) is 15.3 Å². The van der Waals surface area contributed by atoms with Crippen LogP contribution in [0.15, 0.2) is 24.5 Å². The van der Waals surface area contributed by atoms with Gasteiger partial charge in [0.05, 0.1) is 18.1 Å². The molecule has 0 unspecified atom stereocenters. The fraction of sp³-hybridized carbons (Fsp3) is 0.222. The van der Waals surface area contributed by atoms with Crippen LogP contribution in [0, 0.1) is 0 Å². The molecule has 0 radical (unpaired) electrons. The summed E-state index contributed by atoms with van der Waals surface area (Å²) in [5.41, 5.74) is -0.0236. The Labute approximate surface area is 88.7 Å². The first kappa shape index (κ1) is 10.6. The second-order valence-electron chi connectivity index (χ2n) is 3.17. The third-order valence-electron chi connectivity index (χ3n) is 2.05. The molecular weight excluding hydrogens is 221 g/mol. The van der Waals surface area contributed by atoms with Crippen molar-refractivity contribution >= 4 is 0 Å². The van der Waals surface area contributed by atoms with E-state index in [9.17, 15) is 13.2 Å². The molecule has 84 valence electrons. The zero-order valence-electron chi connectivity index (χ0n) is 8.23. The summed E-state index contributed by atoms with van der Waals surface area (Å²) in [4.78, 5) is 0. The average Bonchev–Trinajstić information content (AvgIpc) is 2.61. The topological polar surface area (TPSA) is 43.6 Å². The molecule has 0 aliphatic carbocycles. The third kappa shape index (κ3) is 1.88. The molecule has 0 saturated carbocycles. The van der Waals surface area contributed by atoms with Gasteiger partial charge in [-0.25, -0.2) is 0 Å². The van der Waals surface area contributed by atoms with Crippen LogP contribution in [0.4, 0.5) is 13.2 Å². The second kappa shape index (κ2) is 3.58. The van der Waals surface area contributed by atoms with Crippen molar-refractivity contribution in [2.45, 2.75) is 6.18 Å². The maximum atomic E-state index is 12.4. The highest BCUT2D eigenvalue weighted by Gasteiger charge is 2.34. The van der Waals surface area contributed by atoms with Gasteiger partial charge in [0.1, 0.15) is 0 Å². The number of alkyl halides is 3. The number of nitrogens with zero attached hydrogens (tertiary/aromatic N) is 4. The van der Waals surface area contributed by atoms with E-state index in [0.29, 0.717) is 11.3 Å². The quantitative estimate of drug-likeness (QED) is 0.748. The Hall–Kier alpha value is -1.92. The minimum atomic E-state index is -4.43. The van der Waals surface area contributed by atoms with E-state index in [4.69, 9.17) is 0 Å².